The van der Waals surface area contributed by atoms with Crippen LogP contribution in [0.15, 0.2) is 24.3 Å². The number of carboxylic acids is 1. The summed E-state index contributed by atoms with van der Waals surface area (Å²) in [5.41, 5.74) is 2.45. The lowest BCUT2D eigenvalue weighted by Gasteiger charge is -2.18. The number of fused-ring (bicyclic) bond motifs is 1. The van der Waals surface area contributed by atoms with Crippen LogP contribution in [0, 0.1) is 0 Å². The molecule has 0 saturated heterocycles. The van der Waals surface area contributed by atoms with Crippen molar-refractivity contribution in [1.29, 1.82) is 0 Å². The third-order valence-electron chi connectivity index (χ3n) is 3.74. The Labute approximate surface area is 129 Å². The van der Waals surface area contributed by atoms with Gasteiger partial charge in [0.2, 0.25) is 0 Å². The number of hydrogen-bond acceptors (Lipinski definition) is 2. The second-order valence-corrected chi connectivity index (χ2v) is 6.51. The van der Waals surface area contributed by atoms with Gasteiger partial charge in [-0.3, -0.25) is 4.79 Å². The van der Waals surface area contributed by atoms with Crippen LogP contribution in [0.25, 0.3) is 10.9 Å². The molecular weight excluding hydrogens is 280 g/mol. The van der Waals surface area contributed by atoms with Crippen molar-refractivity contribution in [2.45, 2.75) is 45.6 Å². The first-order chi connectivity index (χ1) is 10.2. The number of H-pyrrole nitrogens is 1. The fraction of sp³-hybridized carbons (Fsp3) is 0.412. The molecule has 2 aromatic rings. The summed E-state index contributed by atoms with van der Waals surface area (Å²) >= 11 is 0. The average molecular weight is 302 g/mol. The first-order valence-corrected chi connectivity index (χ1v) is 7.39. The van der Waals surface area contributed by atoms with Gasteiger partial charge in [-0.1, -0.05) is 39.8 Å². The normalized spacial score (nSPS) is 13.1. The maximum Gasteiger partial charge on any atom is 0.326 e. The van der Waals surface area contributed by atoms with E-state index < -0.39 is 17.9 Å². The second-order valence-electron chi connectivity index (χ2n) is 6.51. The SMILES string of the molecule is CCC(NC(=O)c1cc2ccc(C(C)(C)C)cc2[nH]1)C(=O)O. The highest BCUT2D eigenvalue weighted by Crippen LogP contribution is 2.26. The molecule has 118 valence electrons. The smallest absolute Gasteiger partial charge is 0.326 e. The number of amides is 1. The zero-order chi connectivity index (χ0) is 16.5. The van der Waals surface area contributed by atoms with E-state index in [9.17, 15) is 9.59 Å². The van der Waals surface area contributed by atoms with Crippen molar-refractivity contribution in [3.05, 3.63) is 35.5 Å². The van der Waals surface area contributed by atoms with E-state index in [-0.39, 0.29) is 5.41 Å². The second kappa shape index (κ2) is 5.83. The number of rotatable bonds is 4. The number of carbonyl (C=O) groups is 2. The largest absolute Gasteiger partial charge is 0.480 e. The molecule has 5 heteroatoms. The van der Waals surface area contributed by atoms with Crippen LogP contribution in [0.4, 0.5) is 0 Å². The first-order valence-electron chi connectivity index (χ1n) is 7.39. The van der Waals surface area contributed by atoms with Crippen LogP contribution < -0.4 is 5.32 Å². The molecule has 22 heavy (non-hydrogen) atoms. The number of carboxylic acid groups (broad SMARTS) is 1. The van der Waals surface area contributed by atoms with Gasteiger partial charge < -0.3 is 15.4 Å². The van der Waals surface area contributed by atoms with Crippen LogP contribution >= 0.6 is 0 Å². The predicted molar refractivity (Wildman–Crippen MR) is 86.2 cm³/mol. The summed E-state index contributed by atoms with van der Waals surface area (Å²) in [5.74, 6) is -1.43. The summed E-state index contributed by atoms with van der Waals surface area (Å²) < 4.78 is 0. The average Bonchev–Trinajstić information content (AvgIpc) is 2.86. The van der Waals surface area contributed by atoms with E-state index in [2.05, 4.69) is 31.1 Å². The lowest BCUT2D eigenvalue weighted by molar-refractivity contribution is -0.139. The van der Waals surface area contributed by atoms with Crippen LogP contribution in [0.3, 0.4) is 0 Å². The lowest BCUT2D eigenvalue weighted by Crippen LogP contribution is -2.40. The van der Waals surface area contributed by atoms with Gasteiger partial charge in [0.05, 0.1) is 0 Å². The monoisotopic (exact) mass is 302 g/mol. The van der Waals surface area contributed by atoms with Gasteiger partial charge in [-0.05, 0) is 29.5 Å². The van der Waals surface area contributed by atoms with Crippen molar-refractivity contribution in [2.24, 2.45) is 0 Å². The molecule has 1 heterocycles. The molecule has 0 aliphatic carbocycles. The highest BCUT2D eigenvalue weighted by atomic mass is 16.4. The first kappa shape index (κ1) is 16.1. The van der Waals surface area contributed by atoms with Crippen molar-refractivity contribution in [2.75, 3.05) is 0 Å². The highest BCUT2D eigenvalue weighted by Gasteiger charge is 2.20. The Morgan fingerprint density at radius 3 is 2.50 bits per heavy atom. The summed E-state index contributed by atoms with van der Waals surface area (Å²) in [6.45, 7) is 8.11. The maximum atomic E-state index is 12.2. The van der Waals surface area contributed by atoms with E-state index in [1.165, 1.54) is 5.56 Å². The lowest BCUT2D eigenvalue weighted by atomic mass is 9.87. The van der Waals surface area contributed by atoms with E-state index in [1.54, 1.807) is 13.0 Å². The Kier molecular flexibility index (Phi) is 4.26. The predicted octanol–water partition coefficient (Wildman–Crippen LogP) is 3.06. The molecule has 0 aliphatic heterocycles. The van der Waals surface area contributed by atoms with Crippen LogP contribution in [0.5, 0.6) is 0 Å². The molecule has 1 aromatic heterocycles. The summed E-state index contributed by atoms with van der Waals surface area (Å²) in [7, 11) is 0. The molecule has 3 N–H and O–H groups in total. The number of aliphatic carboxylic acids is 1. The molecule has 1 aromatic carbocycles. The molecule has 1 amide bonds. The Morgan fingerprint density at radius 1 is 1.27 bits per heavy atom. The Balaban J connectivity index is 2.29. The molecule has 0 saturated carbocycles. The standard InChI is InChI=1S/C17H22N2O3/c1-5-12(16(21)22)19-15(20)14-8-10-6-7-11(17(2,3)4)9-13(10)18-14/h6-9,12,18H,5H2,1-4H3,(H,19,20)(H,21,22). The molecular formula is C17H22N2O3. The maximum absolute atomic E-state index is 12.2. The molecule has 2 rings (SSSR count). The number of benzene rings is 1. The quantitative estimate of drug-likeness (QED) is 0.811. The molecule has 0 radical (unpaired) electrons. The van der Waals surface area contributed by atoms with E-state index in [0.29, 0.717) is 12.1 Å². The third-order valence-corrected chi connectivity index (χ3v) is 3.74. The van der Waals surface area contributed by atoms with Crippen molar-refractivity contribution in [3.63, 3.8) is 0 Å². The van der Waals surface area contributed by atoms with Gasteiger partial charge in [0, 0.05) is 10.9 Å². The molecule has 0 fully saturated rings. The van der Waals surface area contributed by atoms with Crippen molar-refractivity contribution in [3.8, 4) is 0 Å². The zero-order valence-electron chi connectivity index (χ0n) is 13.4. The van der Waals surface area contributed by atoms with Gasteiger partial charge in [-0.2, -0.15) is 0 Å². The summed E-state index contributed by atoms with van der Waals surface area (Å²) in [4.78, 5) is 26.2. The fourth-order valence-electron chi connectivity index (χ4n) is 2.29. The van der Waals surface area contributed by atoms with Gasteiger partial charge >= 0.3 is 5.97 Å². The van der Waals surface area contributed by atoms with Gasteiger partial charge in [-0.15, -0.1) is 0 Å². The van der Waals surface area contributed by atoms with Crippen LogP contribution in [-0.2, 0) is 10.2 Å². The minimum Gasteiger partial charge on any atom is -0.480 e. The number of aromatic amines is 1. The summed E-state index contributed by atoms with van der Waals surface area (Å²) in [6.07, 6.45) is 0.343. The number of aromatic nitrogens is 1. The van der Waals surface area contributed by atoms with E-state index in [1.807, 2.05) is 18.2 Å². The van der Waals surface area contributed by atoms with Crippen molar-refractivity contribution in [1.82, 2.24) is 10.3 Å². The van der Waals surface area contributed by atoms with Gasteiger partial charge in [0.1, 0.15) is 11.7 Å². The molecule has 1 atom stereocenters. The fourth-order valence-corrected chi connectivity index (χ4v) is 2.29. The Bertz CT molecular complexity index is 710. The van der Waals surface area contributed by atoms with Crippen LogP contribution in [-0.4, -0.2) is 28.0 Å². The number of nitrogens with one attached hydrogen (secondary N) is 2. The van der Waals surface area contributed by atoms with E-state index in [4.69, 9.17) is 5.11 Å². The Morgan fingerprint density at radius 2 is 1.95 bits per heavy atom. The molecule has 1 unspecified atom stereocenters. The van der Waals surface area contributed by atoms with Gasteiger partial charge in [0.25, 0.3) is 5.91 Å². The minimum atomic E-state index is -1.03. The number of carbonyl (C=O) groups excluding carboxylic acids is 1. The summed E-state index contributed by atoms with van der Waals surface area (Å²) in [6, 6.07) is 6.91. The Hall–Kier alpha value is -2.30. The number of hydrogen-bond donors (Lipinski definition) is 3. The van der Waals surface area contributed by atoms with E-state index in [0.717, 1.165) is 10.9 Å². The third kappa shape index (κ3) is 3.30. The highest BCUT2D eigenvalue weighted by molar-refractivity contribution is 5.99. The topological polar surface area (TPSA) is 82.2 Å². The van der Waals surface area contributed by atoms with Crippen LogP contribution in [0.2, 0.25) is 0 Å². The zero-order valence-corrected chi connectivity index (χ0v) is 13.4. The molecule has 0 spiro atoms. The van der Waals surface area contributed by atoms with Gasteiger partial charge in [-0.25, -0.2) is 4.79 Å². The van der Waals surface area contributed by atoms with Crippen LogP contribution in [0.1, 0.15) is 50.2 Å². The molecule has 5 nitrogen and oxygen atoms in total. The summed E-state index contributed by atoms with van der Waals surface area (Å²) in [5, 5.41) is 12.5. The van der Waals surface area contributed by atoms with Crippen molar-refractivity contribution < 1.29 is 14.7 Å². The van der Waals surface area contributed by atoms with Gasteiger partial charge in [0.15, 0.2) is 0 Å². The molecule has 0 bridgehead atoms. The minimum absolute atomic E-state index is 0.0261. The van der Waals surface area contributed by atoms with Crippen molar-refractivity contribution >= 4 is 22.8 Å². The molecule has 0 aliphatic rings. The van der Waals surface area contributed by atoms with E-state index >= 15 is 0 Å².